The Balaban J connectivity index is 1.30. The number of carbonyl (C=O) groups is 3. The highest BCUT2D eigenvalue weighted by Gasteiger charge is 2.22. The maximum Gasteiger partial charge on any atom is 0.256 e. The second kappa shape index (κ2) is 12.0. The third-order valence-corrected chi connectivity index (χ3v) is 6.33. The summed E-state index contributed by atoms with van der Waals surface area (Å²) in [6.07, 6.45) is 6.97. The molecule has 0 unspecified atom stereocenters. The van der Waals surface area contributed by atoms with Gasteiger partial charge >= 0.3 is 0 Å². The maximum atomic E-state index is 12.8. The van der Waals surface area contributed by atoms with Crippen LogP contribution in [0.4, 0.5) is 5.82 Å². The summed E-state index contributed by atoms with van der Waals surface area (Å²) in [5.74, 6) is 1.00. The Bertz CT molecular complexity index is 1440. The van der Waals surface area contributed by atoms with Gasteiger partial charge < -0.3 is 25.3 Å². The molecule has 2 aromatic carbocycles. The van der Waals surface area contributed by atoms with Gasteiger partial charge in [0.1, 0.15) is 17.3 Å². The molecule has 5 rings (SSSR count). The highest BCUT2D eigenvalue weighted by Crippen LogP contribution is 2.29. The first-order valence-corrected chi connectivity index (χ1v) is 12.7. The number of ether oxygens (including phenoxy) is 1. The summed E-state index contributed by atoms with van der Waals surface area (Å²) in [6, 6.07) is 17.2. The Morgan fingerprint density at radius 1 is 1.00 bits per heavy atom. The van der Waals surface area contributed by atoms with Gasteiger partial charge in [-0.05, 0) is 55.0 Å². The van der Waals surface area contributed by atoms with E-state index in [4.69, 9.17) is 4.74 Å². The molecule has 1 saturated heterocycles. The van der Waals surface area contributed by atoms with Gasteiger partial charge in [-0.1, -0.05) is 12.1 Å². The van der Waals surface area contributed by atoms with Crippen molar-refractivity contribution in [1.82, 2.24) is 25.2 Å². The lowest BCUT2D eigenvalue weighted by Gasteiger charge is -2.19. The molecular formula is C29H28N6O4. The molecule has 3 amide bonds. The number of hydrogen-bond donors (Lipinski definition) is 3. The standard InChI is InChI=1S/C29H28N6O4/c36-27-5-3-15-35(27)18-22-7-6-21(28(37)32-14-12-23-17-30-19-33-23)16-25(22)39-24-10-8-20(9-11-24)29(38)34-26-4-1-2-13-31-26/h1-2,4,6-11,13,16-17,19H,3,5,12,14-15,18H2,(H,30,33)(H,32,37)(H,31,34,38). The molecule has 1 aliphatic rings. The first kappa shape index (κ1) is 25.7. The Morgan fingerprint density at radius 3 is 2.56 bits per heavy atom. The topological polar surface area (TPSA) is 129 Å². The Morgan fingerprint density at radius 2 is 1.85 bits per heavy atom. The van der Waals surface area contributed by atoms with Gasteiger partial charge in [0.15, 0.2) is 0 Å². The summed E-state index contributed by atoms with van der Waals surface area (Å²) >= 11 is 0. The van der Waals surface area contributed by atoms with Gasteiger partial charge in [-0.25, -0.2) is 9.97 Å². The number of likely N-dealkylation sites (tertiary alicyclic amines) is 1. The van der Waals surface area contributed by atoms with Crippen molar-refractivity contribution in [2.45, 2.75) is 25.8 Å². The molecule has 3 heterocycles. The molecule has 4 aromatic rings. The van der Waals surface area contributed by atoms with Crippen molar-refractivity contribution in [2.24, 2.45) is 0 Å². The lowest BCUT2D eigenvalue weighted by molar-refractivity contribution is -0.128. The summed E-state index contributed by atoms with van der Waals surface area (Å²) in [5, 5.41) is 5.65. The Hall–Kier alpha value is -4.99. The molecule has 1 fully saturated rings. The second-order valence-electron chi connectivity index (χ2n) is 9.10. The minimum Gasteiger partial charge on any atom is -0.457 e. The summed E-state index contributed by atoms with van der Waals surface area (Å²) in [7, 11) is 0. The number of imidazole rings is 1. The molecule has 3 N–H and O–H groups in total. The number of rotatable bonds is 10. The Labute approximate surface area is 225 Å². The van der Waals surface area contributed by atoms with E-state index in [9.17, 15) is 14.4 Å². The number of aromatic amines is 1. The van der Waals surface area contributed by atoms with Crippen LogP contribution in [0.15, 0.2) is 79.4 Å². The van der Waals surface area contributed by atoms with E-state index in [0.717, 1.165) is 17.7 Å². The van der Waals surface area contributed by atoms with E-state index in [2.05, 4.69) is 25.6 Å². The zero-order chi connectivity index (χ0) is 27.0. The molecule has 0 atom stereocenters. The van der Waals surface area contributed by atoms with E-state index in [1.54, 1.807) is 78.2 Å². The minimum atomic E-state index is -0.290. The van der Waals surface area contributed by atoms with Crippen LogP contribution in [0.5, 0.6) is 11.5 Å². The first-order valence-electron chi connectivity index (χ1n) is 12.7. The maximum absolute atomic E-state index is 12.8. The average molecular weight is 525 g/mol. The van der Waals surface area contributed by atoms with Crippen LogP contribution in [0.1, 0.15) is 44.8 Å². The fraction of sp³-hybridized carbons (Fsp3) is 0.207. The highest BCUT2D eigenvalue weighted by molar-refractivity contribution is 6.03. The fourth-order valence-corrected chi connectivity index (χ4v) is 4.26. The number of aromatic nitrogens is 3. The predicted molar refractivity (Wildman–Crippen MR) is 144 cm³/mol. The van der Waals surface area contributed by atoms with Gasteiger partial charge in [-0.15, -0.1) is 0 Å². The lowest BCUT2D eigenvalue weighted by Crippen LogP contribution is -2.26. The van der Waals surface area contributed by atoms with Crippen LogP contribution in [0, 0.1) is 0 Å². The van der Waals surface area contributed by atoms with Crippen LogP contribution in [0.3, 0.4) is 0 Å². The van der Waals surface area contributed by atoms with Crippen molar-refractivity contribution < 1.29 is 19.1 Å². The van der Waals surface area contributed by atoms with E-state index in [1.807, 2.05) is 6.07 Å². The van der Waals surface area contributed by atoms with Crippen LogP contribution >= 0.6 is 0 Å². The quantitative estimate of drug-likeness (QED) is 0.288. The van der Waals surface area contributed by atoms with Crippen LogP contribution < -0.4 is 15.4 Å². The number of amides is 3. The summed E-state index contributed by atoms with van der Waals surface area (Å²) in [4.78, 5) is 50.6. The molecule has 0 radical (unpaired) electrons. The number of anilines is 1. The molecular weight excluding hydrogens is 496 g/mol. The van der Waals surface area contributed by atoms with Crippen LogP contribution in [0.25, 0.3) is 0 Å². The zero-order valence-electron chi connectivity index (χ0n) is 21.2. The summed E-state index contributed by atoms with van der Waals surface area (Å²) in [5.41, 5.74) is 2.54. The molecule has 1 aliphatic heterocycles. The third kappa shape index (κ3) is 6.67. The number of pyridine rings is 1. The van der Waals surface area contributed by atoms with Gasteiger partial charge in [0, 0.05) is 61.6 Å². The van der Waals surface area contributed by atoms with Crippen LogP contribution in [-0.4, -0.2) is 50.7 Å². The van der Waals surface area contributed by atoms with Crippen LogP contribution in [-0.2, 0) is 17.8 Å². The molecule has 0 spiro atoms. The fourth-order valence-electron chi connectivity index (χ4n) is 4.26. The molecule has 0 bridgehead atoms. The second-order valence-corrected chi connectivity index (χ2v) is 9.10. The molecule has 0 aliphatic carbocycles. The number of benzene rings is 2. The van der Waals surface area contributed by atoms with Crippen molar-refractivity contribution in [2.75, 3.05) is 18.4 Å². The molecule has 10 heteroatoms. The molecule has 2 aromatic heterocycles. The van der Waals surface area contributed by atoms with Crippen molar-refractivity contribution in [1.29, 1.82) is 0 Å². The van der Waals surface area contributed by atoms with Crippen LogP contribution in [0.2, 0.25) is 0 Å². The summed E-state index contributed by atoms with van der Waals surface area (Å²) < 4.78 is 6.19. The van der Waals surface area contributed by atoms with Gasteiger partial charge in [-0.2, -0.15) is 0 Å². The Kier molecular flexibility index (Phi) is 7.92. The van der Waals surface area contributed by atoms with E-state index in [0.29, 0.717) is 60.9 Å². The SMILES string of the molecule is O=C(NCCc1c[nH]cn1)c1ccc(CN2CCCC2=O)c(Oc2ccc(C(=O)Nc3ccccn3)cc2)c1. The third-order valence-electron chi connectivity index (χ3n) is 6.33. The largest absolute Gasteiger partial charge is 0.457 e. The minimum absolute atomic E-state index is 0.101. The molecule has 198 valence electrons. The van der Waals surface area contributed by atoms with Crippen molar-refractivity contribution in [3.8, 4) is 11.5 Å². The van der Waals surface area contributed by atoms with Gasteiger partial charge in [0.05, 0.1) is 12.0 Å². The monoisotopic (exact) mass is 524 g/mol. The first-order chi connectivity index (χ1) is 19.0. The van der Waals surface area contributed by atoms with Crippen molar-refractivity contribution in [3.63, 3.8) is 0 Å². The van der Waals surface area contributed by atoms with E-state index in [1.165, 1.54) is 0 Å². The zero-order valence-corrected chi connectivity index (χ0v) is 21.2. The number of carbonyl (C=O) groups excluding carboxylic acids is 3. The van der Waals surface area contributed by atoms with E-state index in [-0.39, 0.29) is 17.7 Å². The normalized spacial score (nSPS) is 12.8. The predicted octanol–water partition coefficient (Wildman–Crippen LogP) is 3.94. The molecule has 39 heavy (non-hydrogen) atoms. The smallest absolute Gasteiger partial charge is 0.256 e. The summed E-state index contributed by atoms with van der Waals surface area (Å²) in [6.45, 7) is 1.51. The van der Waals surface area contributed by atoms with Gasteiger partial charge in [-0.3, -0.25) is 14.4 Å². The van der Waals surface area contributed by atoms with Gasteiger partial charge in [0.25, 0.3) is 11.8 Å². The van der Waals surface area contributed by atoms with E-state index >= 15 is 0 Å². The molecule has 10 nitrogen and oxygen atoms in total. The van der Waals surface area contributed by atoms with Crippen molar-refractivity contribution >= 4 is 23.5 Å². The number of nitrogens with one attached hydrogen (secondary N) is 3. The lowest BCUT2D eigenvalue weighted by atomic mass is 10.1. The average Bonchev–Trinajstić information content (AvgIpc) is 3.62. The number of hydrogen-bond acceptors (Lipinski definition) is 6. The van der Waals surface area contributed by atoms with E-state index < -0.39 is 0 Å². The van der Waals surface area contributed by atoms with Crippen molar-refractivity contribution in [3.05, 3.63) is 102 Å². The highest BCUT2D eigenvalue weighted by atomic mass is 16.5. The number of H-pyrrole nitrogens is 1. The number of nitrogens with zero attached hydrogens (tertiary/aromatic N) is 3. The van der Waals surface area contributed by atoms with Gasteiger partial charge in [0.2, 0.25) is 5.91 Å². The molecule has 0 saturated carbocycles.